The lowest BCUT2D eigenvalue weighted by Gasteiger charge is -2.32. The van der Waals surface area contributed by atoms with Crippen LogP contribution < -0.4 is 0 Å². The van der Waals surface area contributed by atoms with Crippen LogP contribution in [0.25, 0.3) is 0 Å². The Morgan fingerprint density at radius 3 is 2.82 bits per heavy atom. The summed E-state index contributed by atoms with van der Waals surface area (Å²) in [5.74, 6) is 0. The third-order valence-electron chi connectivity index (χ3n) is 3.52. The predicted molar refractivity (Wildman–Crippen MR) is 61.6 cm³/mol. The topological polar surface area (TPSA) is 68.2 Å². The summed E-state index contributed by atoms with van der Waals surface area (Å²) in [5.41, 5.74) is 0.0115. The Kier molecular flexibility index (Phi) is 3.36. The van der Waals surface area contributed by atoms with Gasteiger partial charge in [-0.15, -0.1) is 0 Å². The van der Waals surface area contributed by atoms with E-state index < -0.39 is 23.2 Å². The Hall–Kier alpha value is 0.150. The van der Waals surface area contributed by atoms with Crippen LogP contribution in [0.2, 0.25) is 0 Å². The SMILES string of the molecule is O[C@@H]1CO[C@H]2[C@@H]1OC[C@@]2(O)SC1CCCCO1. The Morgan fingerprint density at radius 2 is 2.06 bits per heavy atom. The van der Waals surface area contributed by atoms with Crippen LogP contribution in [-0.4, -0.2) is 58.7 Å². The van der Waals surface area contributed by atoms with Gasteiger partial charge in [0.05, 0.1) is 13.2 Å². The van der Waals surface area contributed by atoms with Crippen molar-refractivity contribution in [3.8, 4) is 0 Å². The molecule has 0 amide bonds. The van der Waals surface area contributed by atoms with Crippen molar-refractivity contribution in [3.63, 3.8) is 0 Å². The minimum Gasteiger partial charge on any atom is -0.388 e. The van der Waals surface area contributed by atoms with Gasteiger partial charge in [0.15, 0.2) is 4.93 Å². The van der Waals surface area contributed by atoms with Gasteiger partial charge in [-0.3, -0.25) is 0 Å². The third-order valence-corrected chi connectivity index (χ3v) is 4.92. The van der Waals surface area contributed by atoms with Crippen molar-refractivity contribution in [2.45, 2.75) is 47.9 Å². The summed E-state index contributed by atoms with van der Waals surface area (Å²) < 4.78 is 16.5. The van der Waals surface area contributed by atoms with Gasteiger partial charge >= 0.3 is 0 Å². The first-order valence-corrected chi connectivity index (χ1v) is 7.00. The fourth-order valence-corrected chi connectivity index (χ4v) is 3.99. The molecular formula is C11H18O5S. The van der Waals surface area contributed by atoms with Crippen LogP contribution in [0.3, 0.4) is 0 Å². The predicted octanol–water partition coefficient (Wildman–Crippen LogP) is 0.0933. The Labute approximate surface area is 104 Å². The largest absolute Gasteiger partial charge is 0.388 e. The molecule has 5 nitrogen and oxygen atoms in total. The second kappa shape index (κ2) is 4.68. The van der Waals surface area contributed by atoms with Crippen LogP contribution in [0.1, 0.15) is 19.3 Å². The van der Waals surface area contributed by atoms with Gasteiger partial charge in [0.1, 0.15) is 23.7 Å². The highest BCUT2D eigenvalue weighted by Gasteiger charge is 2.57. The van der Waals surface area contributed by atoms with E-state index in [9.17, 15) is 10.2 Å². The fourth-order valence-electron chi connectivity index (χ4n) is 2.61. The second-order valence-corrected chi connectivity index (χ2v) is 6.32. The minimum absolute atomic E-state index is 0.0115. The Bertz CT molecular complexity index is 283. The van der Waals surface area contributed by atoms with Crippen molar-refractivity contribution in [3.05, 3.63) is 0 Å². The quantitative estimate of drug-likeness (QED) is 0.688. The molecule has 1 unspecified atom stereocenters. The van der Waals surface area contributed by atoms with Gasteiger partial charge in [0.25, 0.3) is 0 Å². The zero-order valence-corrected chi connectivity index (χ0v) is 10.4. The van der Waals surface area contributed by atoms with Gasteiger partial charge < -0.3 is 24.4 Å². The zero-order valence-electron chi connectivity index (χ0n) is 9.58. The summed E-state index contributed by atoms with van der Waals surface area (Å²) in [6.45, 7) is 1.19. The van der Waals surface area contributed by atoms with Gasteiger partial charge in [-0.2, -0.15) is 0 Å². The van der Waals surface area contributed by atoms with E-state index in [1.54, 1.807) is 0 Å². The van der Waals surface area contributed by atoms with Crippen LogP contribution >= 0.6 is 11.8 Å². The first kappa shape index (κ1) is 12.2. The Balaban J connectivity index is 1.65. The van der Waals surface area contributed by atoms with Gasteiger partial charge in [-0.25, -0.2) is 0 Å². The molecule has 3 fully saturated rings. The smallest absolute Gasteiger partial charge is 0.164 e. The number of aliphatic hydroxyl groups excluding tert-OH is 1. The molecular weight excluding hydrogens is 244 g/mol. The molecule has 0 radical (unpaired) electrons. The van der Waals surface area contributed by atoms with E-state index in [0.717, 1.165) is 25.9 Å². The van der Waals surface area contributed by atoms with Gasteiger partial charge in [-0.05, 0) is 19.3 Å². The maximum Gasteiger partial charge on any atom is 0.164 e. The maximum absolute atomic E-state index is 10.6. The second-order valence-electron chi connectivity index (χ2n) is 4.86. The number of thioether (sulfide) groups is 1. The highest BCUT2D eigenvalue weighted by molar-refractivity contribution is 8.01. The number of fused-ring (bicyclic) bond motifs is 1. The van der Waals surface area contributed by atoms with Crippen LogP contribution in [-0.2, 0) is 14.2 Å². The molecule has 3 aliphatic heterocycles. The van der Waals surface area contributed by atoms with E-state index in [0.29, 0.717) is 0 Å². The monoisotopic (exact) mass is 262 g/mol. The molecule has 2 N–H and O–H groups in total. The number of rotatable bonds is 2. The first-order valence-electron chi connectivity index (χ1n) is 6.12. The number of hydrogen-bond donors (Lipinski definition) is 2. The van der Waals surface area contributed by atoms with Crippen molar-refractivity contribution < 1.29 is 24.4 Å². The lowest BCUT2D eigenvalue weighted by Crippen LogP contribution is -2.42. The third kappa shape index (κ3) is 2.22. The summed E-state index contributed by atoms with van der Waals surface area (Å²) >= 11 is 1.38. The van der Waals surface area contributed by atoms with Crippen LogP contribution in [0.5, 0.6) is 0 Å². The van der Waals surface area contributed by atoms with E-state index in [2.05, 4.69) is 0 Å². The highest BCUT2D eigenvalue weighted by atomic mass is 32.2. The maximum atomic E-state index is 10.6. The summed E-state index contributed by atoms with van der Waals surface area (Å²) in [6, 6.07) is 0. The summed E-state index contributed by atoms with van der Waals surface area (Å²) in [7, 11) is 0. The van der Waals surface area contributed by atoms with Crippen molar-refractivity contribution in [2.24, 2.45) is 0 Å². The number of aliphatic hydroxyl groups is 2. The minimum atomic E-state index is -1.08. The molecule has 17 heavy (non-hydrogen) atoms. The zero-order chi connectivity index (χ0) is 11.9. The molecule has 3 heterocycles. The van der Waals surface area contributed by atoms with Crippen molar-refractivity contribution >= 4 is 11.8 Å². The average Bonchev–Trinajstić information content (AvgIpc) is 2.84. The molecule has 98 valence electrons. The molecule has 0 aromatic rings. The molecule has 0 aromatic carbocycles. The summed E-state index contributed by atoms with van der Waals surface area (Å²) in [5, 5.41) is 20.2. The van der Waals surface area contributed by atoms with Crippen molar-refractivity contribution in [2.75, 3.05) is 19.8 Å². The highest BCUT2D eigenvalue weighted by Crippen LogP contribution is 2.44. The van der Waals surface area contributed by atoms with Crippen LogP contribution in [0.15, 0.2) is 0 Å². The molecule has 0 aliphatic carbocycles. The van der Waals surface area contributed by atoms with Gasteiger partial charge in [0, 0.05) is 6.61 Å². The van der Waals surface area contributed by atoms with Crippen molar-refractivity contribution in [1.29, 1.82) is 0 Å². The summed E-state index contributed by atoms with van der Waals surface area (Å²) in [6.07, 6.45) is 1.72. The lowest BCUT2D eigenvalue weighted by atomic mass is 10.1. The first-order chi connectivity index (χ1) is 8.19. The molecule has 0 spiro atoms. The standard InChI is InChI=1S/C11H18O5S/c12-7-5-15-10-9(7)16-6-11(10,13)17-8-3-1-2-4-14-8/h7-10,12-13H,1-6H2/t7-,8?,9-,10+,11-/m1/s1. The van der Waals surface area contributed by atoms with E-state index in [-0.39, 0.29) is 18.6 Å². The van der Waals surface area contributed by atoms with Crippen LogP contribution in [0, 0.1) is 0 Å². The van der Waals surface area contributed by atoms with E-state index in [1.165, 1.54) is 11.8 Å². The van der Waals surface area contributed by atoms with Gasteiger partial charge in [-0.1, -0.05) is 11.8 Å². The normalized spacial score (nSPS) is 50.5. The molecule has 3 rings (SSSR count). The van der Waals surface area contributed by atoms with Crippen LogP contribution in [0.4, 0.5) is 0 Å². The summed E-state index contributed by atoms with van der Waals surface area (Å²) in [4.78, 5) is -1.08. The molecule has 3 aliphatic rings. The molecule has 3 saturated heterocycles. The fraction of sp³-hybridized carbons (Fsp3) is 1.00. The van der Waals surface area contributed by atoms with Gasteiger partial charge in [0.2, 0.25) is 0 Å². The molecule has 5 atom stereocenters. The lowest BCUT2D eigenvalue weighted by molar-refractivity contribution is -0.0176. The molecule has 0 aromatic heterocycles. The van der Waals surface area contributed by atoms with E-state index in [4.69, 9.17) is 14.2 Å². The van der Waals surface area contributed by atoms with Crippen molar-refractivity contribution in [1.82, 2.24) is 0 Å². The molecule has 0 bridgehead atoms. The number of ether oxygens (including phenoxy) is 3. The van der Waals surface area contributed by atoms with E-state index in [1.807, 2.05) is 0 Å². The molecule has 0 saturated carbocycles. The van der Waals surface area contributed by atoms with E-state index >= 15 is 0 Å². The average molecular weight is 262 g/mol. The number of hydrogen-bond acceptors (Lipinski definition) is 6. The molecule has 6 heteroatoms. The Morgan fingerprint density at radius 1 is 1.18 bits per heavy atom.